The van der Waals surface area contributed by atoms with Gasteiger partial charge in [0, 0.05) is 0 Å². The van der Waals surface area contributed by atoms with Gasteiger partial charge in [-0.3, -0.25) is 9.36 Å². The molecule has 0 aromatic heterocycles. The van der Waals surface area contributed by atoms with Crippen molar-refractivity contribution in [3.63, 3.8) is 0 Å². The Balaban J connectivity index is 5.11. The molecule has 2 atom stereocenters. The van der Waals surface area contributed by atoms with Crippen molar-refractivity contribution in [3.8, 4) is 0 Å². The third-order valence-electron chi connectivity index (χ3n) is 2.46. The molecule has 0 unspecified atom stereocenters. The third kappa shape index (κ3) is 5.87. The zero-order valence-corrected chi connectivity index (χ0v) is 12.8. The average Bonchev–Trinajstić information content (AvgIpc) is 2.34. The summed E-state index contributed by atoms with van der Waals surface area (Å²) in [6.45, 7) is 8.89. The monoisotopic (exact) mass is 294 g/mol. The fourth-order valence-corrected chi connectivity index (χ4v) is 3.48. The lowest BCUT2D eigenvalue weighted by molar-refractivity contribution is -0.147. The van der Waals surface area contributed by atoms with Crippen LogP contribution in [0.5, 0.6) is 0 Å². The van der Waals surface area contributed by atoms with Crippen LogP contribution in [0.25, 0.3) is 0 Å². The Morgan fingerprint density at radius 2 is 1.79 bits per heavy atom. The molecule has 0 saturated carbocycles. The smallest absolute Gasteiger partial charge is 0.331 e. The van der Waals surface area contributed by atoms with Crippen LogP contribution in [0.3, 0.4) is 0 Å². The molecular weight excluding hydrogens is 271 g/mol. The molecule has 0 spiro atoms. The first-order chi connectivity index (χ1) is 8.81. The minimum Gasteiger partial charge on any atom is -0.469 e. The summed E-state index contributed by atoms with van der Waals surface area (Å²) in [5.74, 6) is -1.69. The second kappa shape index (κ2) is 8.48. The quantitative estimate of drug-likeness (QED) is 0.398. The summed E-state index contributed by atoms with van der Waals surface area (Å²) in [5.41, 5.74) is 0.384. The molecule has 0 radical (unpaired) electrons. The topological polar surface area (TPSA) is 82.1 Å². The molecule has 0 saturated heterocycles. The van der Waals surface area contributed by atoms with Gasteiger partial charge >= 0.3 is 13.6 Å². The van der Waals surface area contributed by atoms with Gasteiger partial charge in [0.1, 0.15) is 0 Å². The molecule has 0 aromatic carbocycles. The number of carbonyl (C=O) groups is 1. The largest absolute Gasteiger partial charge is 0.469 e. The van der Waals surface area contributed by atoms with Crippen LogP contribution < -0.4 is 0 Å². The van der Waals surface area contributed by atoms with Gasteiger partial charge in [-0.25, -0.2) is 0 Å². The molecule has 0 aliphatic rings. The maximum absolute atomic E-state index is 12.4. The van der Waals surface area contributed by atoms with Crippen LogP contribution in [0.4, 0.5) is 0 Å². The highest BCUT2D eigenvalue weighted by Gasteiger charge is 2.37. The van der Waals surface area contributed by atoms with Gasteiger partial charge in [-0.15, -0.1) is 0 Å². The van der Waals surface area contributed by atoms with E-state index in [0.29, 0.717) is 5.57 Å². The van der Waals surface area contributed by atoms with Crippen molar-refractivity contribution < 1.29 is 28.3 Å². The molecule has 19 heavy (non-hydrogen) atoms. The number of hydrogen-bond acceptors (Lipinski definition) is 6. The molecule has 1 N–H and O–H groups in total. The SMILES string of the molecule is C=C(C)[C@@H](O)[C@H](CP(=O)(OCC)OCC)C(=O)OC. The molecule has 0 fully saturated rings. The molecule has 0 heterocycles. The highest BCUT2D eigenvalue weighted by molar-refractivity contribution is 7.53. The molecule has 6 nitrogen and oxygen atoms in total. The molecule has 7 heteroatoms. The molecular formula is C12H23O6P. The highest BCUT2D eigenvalue weighted by Crippen LogP contribution is 2.50. The Morgan fingerprint density at radius 1 is 1.32 bits per heavy atom. The predicted molar refractivity (Wildman–Crippen MR) is 72.1 cm³/mol. The van der Waals surface area contributed by atoms with Gasteiger partial charge < -0.3 is 18.9 Å². The zero-order chi connectivity index (χ0) is 15.1. The van der Waals surface area contributed by atoms with Crippen molar-refractivity contribution >= 4 is 13.6 Å². The van der Waals surface area contributed by atoms with Crippen LogP contribution in [-0.4, -0.2) is 43.7 Å². The van der Waals surface area contributed by atoms with E-state index in [9.17, 15) is 14.5 Å². The lowest BCUT2D eigenvalue weighted by atomic mass is 10.00. The first-order valence-corrected chi connectivity index (χ1v) is 7.83. The van der Waals surface area contributed by atoms with Gasteiger partial charge in [0.25, 0.3) is 0 Å². The van der Waals surface area contributed by atoms with Crippen molar-refractivity contribution in [3.05, 3.63) is 12.2 Å². The van der Waals surface area contributed by atoms with E-state index in [1.54, 1.807) is 20.8 Å². The van der Waals surface area contributed by atoms with Crippen LogP contribution in [0.2, 0.25) is 0 Å². The van der Waals surface area contributed by atoms with Gasteiger partial charge in [-0.2, -0.15) is 0 Å². The van der Waals surface area contributed by atoms with Crippen molar-refractivity contribution in [1.82, 2.24) is 0 Å². The second-order valence-electron chi connectivity index (χ2n) is 4.05. The highest BCUT2D eigenvalue weighted by atomic mass is 31.2. The van der Waals surface area contributed by atoms with Crippen LogP contribution in [0, 0.1) is 5.92 Å². The summed E-state index contributed by atoms with van der Waals surface area (Å²) in [7, 11) is -2.24. The third-order valence-corrected chi connectivity index (χ3v) is 4.61. The van der Waals surface area contributed by atoms with Crippen molar-refractivity contribution in [1.29, 1.82) is 0 Å². The first kappa shape index (κ1) is 18.3. The lowest BCUT2D eigenvalue weighted by Gasteiger charge is -2.25. The fourth-order valence-electron chi connectivity index (χ4n) is 1.58. The number of ether oxygens (including phenoxy) is 1. The van der Waals surface area contributed by atoms with Crippen LogP contribution in [0.15, 0.2) is 12.2 Å². The van der Waals surface area contributed by atoms with E-state index >= 15 is 0 Å². The molecule has 0 aliphatic heterocycles. The van der Waals surface area contributed by atoms with Crippen molar-refractivity contribution in [2.45, 2.75) is 26.9 Å². The van der Waals surface area contributed by atoms with E-state index in [2.05, 4.69) is 11.3 Å². The van der Waals surface area contributed by atoms with Gasteiger partial charge in [0.05, 0.1) is 38.5 Å². The van der Waals surface area contributed by atoms with Crippen molar-refractivity contribution in [2.75, 3.05) is 26.5 Å². The summed E-state index contributed by atoms with van der Waals surface area (Å²) in [4.78, 5) is 11.7. The second-order valence-corrected chi connectivity index (χ2v) is 6.15. The fraction of sp³-hybridized carbons (Fsp3) is 0.750. The summed E-state index contributed by atoms with van der Waals surface area (Å²) >= 11 is 0. The number of hydrogen-bond donors (Lipinski definition) is 1. The van der Waals surface area contributed by atoms with Crippen LogP contribution >= 0.6 is 7.60 Å². The standard InChI is InChI=1S/C12H23O6P/c1-6-17-19(15,18-7-2)8-10(12(14)16-5)11(13)9(3)4/h10-11,13H,3,6-8H2,1-2,4-5H3/t10-,11+/m0/s1. The Kier molecular flexibility index (Phi) is 8.18. The summed E-state index contributed by atoms with van der Waals surface area (Å²) in [6, 6.07) is 0. The molecule has 0 bridgehead atoms. The maximum atomic E-state index is 12.4. The molecule has 0 aromatic rings. The number of aliphatic hydroxyl groups excluding tert-OH is 1. The normalized spacial score (nSPS) is 14.8. The number of rotatable bonds is 9. The number of methoxy groups -OCH3 is 1. The number of esters is 1. The van der Waals surface area contributed by atoms with Gasteiger partial charge in [0.15, 0.2) is 0 Å². The maximum Gasteiger partial charge on any atom is 0.331 e. The van der Waals surface area contributed by atoms with E-state index in [0.717, 1.165) is 0 Å². The zero-order valence-electron chi connectivity index (χ0n) is 11.9. The summed E-state index contributed by atoms with van der Waals surface area (Å²) in [5, 5.41) is 9.95. The lowest BCUT2D eigenvalue weighted by Crippen LogP contribution is -2.33. The van der Waals surface area contributed by atoms with E-state index in [1.807, 2.05) is 0 Å². The molecule has 112 valence electrons. The summed E-state index contributed by atoms with van der Waals surface area (Å²) in [6.07, 6.45) is -1.39. The minimum absolute atomic E-state index is 0.189. The van der Waals surface area contributed by atoms with E-state index < -0.39 is 25.6 Å². The Bertz CT molecular complexity index is 344. The number of carbonyl (C=O) groups excluding carboxylic acids is 1. The first-order valence-electron chi connectivity index (χ1n) is 6.10. The van der Waals surface area contributed by atoms with E-state index in [1.165, 1.54) is 7.11 Å². The number of aliphatic hydroxyl groups is 1. The summed E-state index contributed by atoms with van der Waals surface area (Å²) < 4.78 is 27.2. The van der Waals surface area contributed by atoms with Crippen LogP contribution in [-0.2, 0) is 23.1 Å². The van der Waals surface area contributed by atoms with Gasteiger partial charge in [-0.05, 0) is 20.8 Å². The molecule has 0 rings (SSSR count). The molecule has 0 aliphatic carbocycles. The minimum atomic E-state index is -3.44. The van der Waals surface area contributed by atoms with Gasteiger partial charge in [-0.1, -0.05) is 12.2 Å². The van der Waals surface area contributed by atoms with E-state index in [4.69, 9.17) is 9.05 Å². The predicted octanol–water partition coefficient (Wildman–Crippen LogP) is 1.98. The van der Waals surface area contributed by atoms with E-state index in [-0.39, 0.29) is 19.4 Å². The Morgan fingerprint density at radius 3 is 2.11 bits per heavy atom. The van der Waals surface area contributed by atoms with Crippen LogP contribution in [0.1, 0.15) is 20.8 Å². The Hall–Kier alpha value is -0.680. The van der Waals surface area contributed by atoms with Gasteiger partial charge in [0.2, 0.25) is 0 Å². The van der Waals surface area contributed by atoms with Crippen molar-refractivity contribution in [2.24, 2.45) is 5.92 Å². The molecule has 0 amide bonds. The Labute approximate surface area is 114 Å². The average molecular weight is 294 g/mol.